The number of hydrogen-bond donors (Lipinski definition) is 2. The van der Waals surface area contributed by atoms with E-state index in [0.29, 0.717) is 19.4 Å². The molecular formula is C26H40O7. The topological polar surface area (TPSA) is 110 Å². The lowest BCUT2D eigenvalue weighted by Gasteiger charge is -2.64. The van der Waals surface area contributed by atoms with E-state index in [1.807, 2.05) is 0 Å². The number of ether oxygens (including phenoxy) is 2. The number of carbonyl (C=O) groups excluding carboxylic acids is 2. The van der Waals surface area contributed by atoms with Crippen molar-refractivity contribution in [2.45, 2.75) is 96.9 Å². The Morgan fingerprint density at radius 3 is 2.45 bits per heavy atom. The Hall–Kier alpha value is -1.63. The van der Waals surface area contributed by atoms with E-state index in [1.54, 1.807) is 0 Å². The van der Waals surface area contributed by atoms with Crippen molar-refractivity contribution < 1.29 is 34.1 Å². The lowest BCUT2D eigenvalue weighted by atomic mass is 9.43. The van der Waals surface area contributed by atoms with Gasteiger partial charge in [0.1, 0.15) is 12.2 Å². The van der Waals surface area contributed by atoms with Crippen LogP contribution >= 0.6 is 0 Å². The predicted molar refractivity (Wildman–Crippen MR) is 120 cm³/mol. The molecule has 4 fully saturated rings. The van der Waals surface area contributed by atoms with E-state index in [4.69, 9.17) is 9.47 Å². The van der Waals surface area contributed by atoms with Crippen LogP contribution in [0.2, 0.25) is 0 Å². The molecule has 0 bridgehead atoms. The van der Waals surface area contributed by atoms with Gasteiger partial charge in [0, 0.05) is 17.8 Å². The first-order valence-electron chi connectivity index (χ1n) is 12.7. The van der Waals surface area contributed by atoms with Crippen LogP contribution in [0.4, 0.5) is 0 Å². The molecule has 0 aromatic heterocycles. The Morgan fingerprint density at radius 2 is 1.79 bits per heavy atom. The summed E-state index contributed by atoms with van der Waals surface area (Å²) in [5.41, 5.74) is -0.257. The molecule has 0 amide bonds. The number of carboxylic acid groups (broad SMARTS) is 1. The molecule has 33 heavy (non-hydrogen) atoms. The molecule has 4 saturated carbocycles. The van der Waals surface area contributed by atoms with Gasteiger partial charge in [-0.05, 0) is 86.4 Å². The first-order valence-corrected chi connectivity index (χ1v) is 12.7. The highest BCUT2D eigenvalue weighted by Crippen LogP contribution is 2.69. The fourth-order valence-electron chi connectivity index (χ4n) is 9.12. The molecule has 4 aliphatic rings. The fourth-order valence-corrected chi connectivity index (χ4v) is 9.12. The van der Waals surface area contributed by atoms with Crippen molar-refractivity contribution in [1.29, 1.82) is 0 Å². The lowest BCUT2D eigenvalue weighted by Crippen LogP contribution is -2.63. The van der Waals surface area contributed by atoms with Crippen LogP contribution in [0.15, 0.2) is 0 Å². The third-order valence-electron chi connectivity index (χ3n) is 10.7. The normalized spacial score (nSPS) is 47.4. The van der Waals surface area contributed by atoms with E-state index in [2.05, 4.69) is 20.8 Å². The molecule has 4 rings (SSSR count). The van der Waals surface area contributed by atoms with Gasteiger partial charge in [0.15, 0.2) is 0 Å². The summed E-state index contributed by atoms with van der Waals surface area (Å²) in [7, 11) is 0. The maximum absolute atomic E-state index is 11.6. The first-order chi connectivity index (χ1) is 15.7. The van der Waals surface area contributed by atoms with Crippen molar-refractivity contribution in [1.82, 2.24) is 0 Å². The highest BCUT2D eigenvalue weighted by molar-refractivity contribution is 5.66. The summed E-state index contributed by atoms with van der Waals surface area (Å²) in [4.78, 5) is 34.3. The second-order valence-corrected chi connectivity index (χ2v) is 11.8. The molecule has 11 atom stereocenters. The van der Waals surface area contributed by atoms with Crippen molar-refractivity contribution >= 4 is 18.9 Å². The lowest BCUT2D eigenvalue weighted by molar-refractivity contribution is -0.217. The van der Waals surface area contributed by atoms with Crippen LogP contribution in [-0.2, 0) is 23.9 Å². The Kier molecular flexibility index (Phi) is 6.83. The smallest absolute Gasteiger partial charge is 0.303 e. The number of fused-ring (bicyclic) bond motifs is 5. The van der Waals surface area contributed by atoms with E-state index in [-0.39, 0.29) is 71.1 Å². The molecule has 0 aromatic carbocycles. The van der Waals surface area contributed by atoms with Crippen molar-refractivity contribution in [3.63, 3.8) is 0 Å². The van der Waals surface area contributed by atoms with Gasteiger partial charge in [-0.25, -0.2) is 0 Å². The Bertz CT molecular complexity index is 755. The van der Waals surface area contributed by atoms with E-state index < -0.39 is 5.97 Å². The van der Waals surface area contributed by atoms with E-state index >= 15 is 0 Å². The summed E-state index contributed by atoms with van der Waals surface area (Å²) in [6.07, 6.45) is 5.92. The molecule has 0 spiro atoms. The summed E-state index contributed by atoms with van der Waals surface area (Å²) in [6, 6.07) is 0. The molecule has 0 radical (unpaired) electrons. The number of aliphatic hydroxyl groups is 1. The van der Waals surface area contributed by atoms with Gasteiger partial charge >= 0.3 is 5.97 Å². The Labute approximate surface area is 196 Å². The number of carboxylic acids is 1. The van der Waals surface area contributed by atoms with Gasteiger partial charge in [0.2, 0.25) is 0 Å². The average molecular weight is 465 g/mol. The largest absolute Gasteiger partial charge is 0.481 e. The molecule has 0 heterocycles. The summed E-state index contributed by atoms with van der Waals surface area (Å²) >= 11 is 0. The second kappa shape index (κ2) is 9.20. The van der Waals surface area contributed by atoms with Crippen molar-refractivity contribution in [2.75, 3.05) is 0 Å². The minimum Gasteiger partial charge on any atom is -0.481 e. The van der Waals surface area contributed by atoms with Crippen LogP contribution in [0.3, 0.4) is 0 Å². The summed E-state index contributed by atoms with van der Waals surface area (Å²) in [5, 5.41) is 19.6. The molecular weight excluding hydrogens is 424 g/mol. The predicted octanol–water partition coefficient (Wildman–Crippen LogP) is 3.81. The monoisotopic (exact) mass is 464 g/mol. The molecule has 7 nitrogen and oxygen atoms in total. The van der Waals surface area contributed by atoms with Gasteiger partial charge in [-0.2, -0.15) is 0 Å². The van der Waals surface area contributed by atoms with Crippen LogP contribution in [0.1, 0.15) is 78.6 Å². The van der Waals surface area contributed by atoms with E-state index in [0.717, 1.165) is 44.9 Å². The maximum atomic E-state index is 11.6. The van der Waals surface area contributed by atoms with Crippen LogP contribution in [0, 0.1) is 46.3 Å². The molecule has 0 saturated heterocycles. The Morgan fingerprint density at radius 1 is 1.06 bits per heavy atom. The SMILES string of the molecule is CC(CCC(=O)O)C1CCC2C3C(OC=O)CC4CC(O)CCC4(C)C3CC(OC=O)C12C. The van der Waals surface area contributed by atoms with Crippen molar-refractivity contribution in [3.8, 4) is 0 Å². The number of rotatable bonds is 8. The van der Waals surface area contributed by atoms with Gasteiger partial charge in [0.25, 0.3) is 12.9 Å². The van der Waals surface area contributed by atoms with Crippen LogP contribution in [0.25, 0.3) is 0 Å². The molecule has 0 aromatic rings. The zero-order valence-corrected chi connectivity index (χ0v) is 20.2. The zero-order valence-electron chi connectivity index (χ0n) is 20.2. The van der Waals surface area contributed by atoms with Crippen LogP contribution in [-0.4, -0.2) is 47.4 Å². The Balaban J connectivity index is 1.70. The highest BCUT2D eigenvalue weighted by Gasteiger charge is 2.67. The van der Waals surface area contributed by atoms with Crippen molar-refractivity contribution in [3.05, 3.63) is 0 Å². The number of hydrogen-bond acceptors (Lipinski definition) is 6. The molecule has 2 N–H and O–H groups in total. The quantitative estimate of drug-likeness (QED) is 0.526. The molecule has 0 aliphatic heterocycles. The molecule has 4 aliphatic carbocycles. The maximum Gasteiger partial charge on any atom is 0.303 e. The average Bonchev–Trinajstić information content (AvgIpc) is 3.12. The minimum atomic E-state index is -0.781. The van der Waals surface area contributed by atoms with Gasteiger partial charge in [0.05, 0.1) is 6.10 Å². The zero-order chi connectivity index (χ0) is 24.0. The summed E-state index contributed by atoms with van der Waals surface area (Å²) in [6.45, 7) is 7.86. The number of aliphatic carboxylic acids is 1. The molecule has 11 unspecified atom stereocenters. The third kappa shape index (κ3) is 3.98. The minimum absolute atomic E-state index is 0.0193. The number of carbonyl (C=O) groups is 3. The number of aliphatic hydroxyl groups excluding tert-OH is 1. The van der Waals surface area contributed by atoms with E-state index in [9.17, 15) is 24.6 Å². The van der Waals surface area contributed by atoms with E-state index in [1.165, 1.54) is 0 Å². The van der Waals surface area contributed by atoms with Crippen LogP contribution in [0.5, 0.6) is 0 Å². The fraction of sp³-hybridized carbons (Fsp3) is 0.885. The first kappa shape index (κ1) is 24.5. The van der Waals surface area contributed by atoms with Gasteiger partial charge < -0.3 is 19.7 Å². The van der Waals surface area contributed by atoms with Crippen molar-refractivity contribution in [2.24, 2.45) is 46.3 Å². The highest BCUT2D eigenvalue weighted by atomic mass is 16.5. The second-order valence-electron chi connectivity index (χ2n) is 11.8. The third-order valence-corrected chi connectivity index (χ3v) is 10.7. The van der Waals surface area contributed by atoms with Gasteiger partial charge in [-0.1, -0.05) is 20.8 Å². The summed E-state index contributed by atoms with van der Waals surface area (Å²) < 4.78 is 11.6. The summed E-state index contributed by atoms with van der Waals surface area (Å²) in [5.74, 6) is 0.644. The van der Waals surface area contributed by atoms with Crippen LogP contribution < -0.4 is 0 Å². The standard InChI is InChI=1S/C26H40O7/c1-15(4-7-23(30)31)18-5-6-19-24-20(12-22(33-14-28)26(18,19)3)25(2)9-8-17(29)10-16(25)11-21(24)32-13-27/h13-22,24,29H,4-12H2,1-3H3,(H,30,31). The molecule has 7 heteroatoms. The van der Waals surface area contributed by atoms with Gasteiger partial charge in [-0.3, -0.25) is 14.4 Å². The van der Waals surface area contributed by atoms with Gasteiger partial charge in [-0.15, -0.1) is 0 Å². The molecule has 186 valence electrons.